The lowest BCUT2D eigenvalue weighted by Crippen LogP contribution is -2.43. The number of benzene rings is 1. The van der Waals surface area contributed by atoms with E-state index in [-0.39, 0.29) is 5.54 Å². The topological polar surface area (TPSA) is 69.6 Å². The largest absolute Gasteiger partial charge is 0.324 e. The van der Waals surface area contributed by atoms with Crippen LogP contribution in [0.1, 0.15) is 17.0 Å². The van der Waals surface area contributed by atoms with E-state index >= 15 is 0 Å². The monoisotopic (exact) mass is 229 g/mol. The first-order chi connectivity index (χ1) is 8.15. The van der Waals surface area contributed by atoms with Crippen LogP contribution in [0.25, 0.3) is 0 Å². The molecule has 1 aliphatic rings. The van der Waals surface area contributed by atoms with E-state index in [2.05, 4.69) is 39.7 Å². The molecule has 88 valence electrons. The van der Waals surface area contributed by atoms with E-state index in [1.165, 1.54) is 15.9 Å². The number of hydrogen-bond acceptors (Lipinski definition) is 4. The Hall–Kier alpha value is -1.75. The van der Waals surface area contributed by atoms with E-state index < -0.39 is 0 Å². The number of rotatable bonds is 2. The van der Waals surface area contributed by atoms with Crippen molar-refractivity contribution >= 4 is 0 Å². The van der Waals surface area contributed by atoms with Gasteiger partial charge in [0.2, 0.25) is 0 Å². The zero-order valence-corrected chi connectivity index (χ0v) is 9.80. The molecule has 0 amide bonds. The molecular formula is C12H15N5. The summed E-state index contributed by atoms with van der Waals surface area (Å²) in [5, 5.41) is 12.0. The molecule has 0 spiro atoms. The van der Waals surface area contributed by atoms with Crippen molar-refractivity contribution in [1.82, 2.24) is 20.2 Å². The summed E-state index contributed by atoms with van der Waals surface area (Å²) >= 11 is 0. The molecule has 1 heterocycles. The van der Waals surface area contributed by atoms with Gasteiger partial charge in [0.25, 0.3) is 0 Å². The van der Waals surface area contributed by atoms with Crippen molar-refractivity contribution in [3.63, 3.8) is 0 Å². The number of tetrazole rings is 1. The van der Waals surface area contributed by atoms with Crippen molar-refractivity contribution < 1.29 is 0 Å². The summed E-state index contributed by atoms with van der Waals surface area (Å²) in [4.78, 5) is 1.47. The fourth-order valence-corrected chi connectivity index (χ4v) is 2.56. The van der Waals surface area contributed by atoms with E-state index in [1.807, 2.05) is 0 Å². The molecule has 17 heavy (non-hydrogen) atoms. The molecule has 0 atom stereocenters. The summed E-state index contributed by atoms with van der Waals surface area (Å²) < 4.78 is 0. The molecule has 1 aliphatic carbocycles. The van der Waals surface area contributed by atoms with Gasteiger partial charge in [0, 0.05) is 12.0 Å². The van der Waals surface area contributed by atoms with Crippen LogP contribution in [0, 0.1) is 0 Å². The molecule has 3 rings (SSSR count). The smallest absolute Gasteiger partial charge is 0.176 e. The van der Waals surface area contributed by atoms with Crippen molar-refractivity contribution in [1.29, 1.82) is 0 Å². The van der Waals surface area contributed by atoms with Crippen LogP contribution in [-0.4, -0.2) is 25.7 Å². The van der Waals surface area contributed by atoms with Crippen LogP contribution in [0.15, 0.2) is 24.3 Å². The first-order valence-corrected chi connectivity index (χ1v) is 5.73. The second-order valence-electron chi connectivity index (χ2n) is 4.86. The van der Waals surface area contributed by atoms with Gasteiger partial charge in [-0.1, -0.05) is 24.3 Å². The Bertz CT molecular complexity index is 520. The molecule has 1 aromatic carbocycles. The predicted molar refractivity (Wildman–Crippen MR) is 63.3 cm³/mol. The summed E-state index contributed by atoms with van der Waals surface area (Å²) in [6.07, 6.45) is 2.46. The lowest BCUT2D eigenvalue weighted by molar-refractivity contribution is 0.435. The van der Waals surface area contributed by atoms with E-state index in [9.17, 15) is 0 Å². The normalized spacial score (nSPS) is 17.1. The summed E-state index contributed by atoms with van der Waals surface area (Å²) in [7, 11) is 1.77. The Morgan fingerprint density at radius 1 is 1.29 bits per heavy atom. The van der Waals surface area contributed by atoms with E-state index in [4.69, 9.17) is 5.73 Å². The minimum Gasteiger partial charge on any atom is -0.324 e. The molecule has 0 radical (unpaired) electrons. The van der Waals surface area contributed by atoms with Crippen LogP contribution in [0.2, 0.25) is 0 Å². The van der Waals surface area contributed by atoms with Crippen LogP contribution >= 0.6 is 0 Å². The van der Waals surface area contributed by atoms with Crippen molar-refractivity contribution in [3.05, 3.63) is 41.2 Å². The Labute approximate surface area is 99.6 Å². The molecule has 0 aliphatic heterocycles. The number of aryl methyl sites for hydroxylation is 1. The third kappa shape index (κ3) is 1.93. The van der Waals surface area contributed by atoms with Crippen LogP contribution in [-0.2, 0) is 26.3 Å². The van der Waals surface area contributed by atoms with Crippen molar-refractivity contribution in [3.8, 4) is 0 Å². The molecule has 0 saturated carbocycles. The standard InChI is InChI=1S/C12H15N5/c1-17-15-11(14-16-17)8-12(13)6-9-4-2-3-5-10(9)7-12/h2-5H,6-8,13H2,1H3. The second kappa shape index (κ2) is 3.63. The van der Waals surface area contributed by atoms with Gasteiger partial charge >= 0.3 is 0 Å². The maximum atomic E-state index is 6.43. The van der Waals surface area contributed by atoms with Crippen LogP contribution in [0.4, 0.5) is 0 Å². The van der Waals surface area contributed by atoms with E-state index in [0.29, 0.717) is 6.42 Å². The van der Waals surface area contributed by atoms with Gasteiger partial charge in [-0.05, 0) is 29.2 Å². The minimum atomic E-state index is -0.257. The highest BCUT2D eigenvalue weighted by Gasteiger charge is 2.34. The molecular weight excluding hydrogens is 214 g/mol. The van der Waals surface area contributed by atoms with Crippen molar-refractivity contribution in [2.45, 2.75) is 24.8 Å². The third-order valence-corrected chi connectivity index (χ3v) is 3.26. The minimum absolute atomic E-state index is 0.257. The fourth-order valence-electron chi connectivity index (χ4n) is 2.56. The van der Waals surface area contributed by atoms with Crippen molar-refractivity contribution in [2.75, 3.05) is 0 Å². The summed E-state index contributed by atoms with van der Waals surface area (Å²) in [5.74, 6) is 0.725. The average molecular weight is 229 g/mol. The molecule has 2 aromatic rings. The molecule has 5 heteroatoms. The van der Waals surface area contributed by atoms with Crippen LogP contribution in [0.3, 0.4) is 0 Å². The van der Waals surface area contributed by atoms with Gasteiger partial charge in [0.15, 0.2) is 5.82 Å². The van der Waals surface area contributed by atoms with Gasteiger partial charge in [0.1, 0.15) is 0 Å². The first kappa shape index (κ1) is 10.4. The molecule has 0 bridgehead atoms. The summed E-state index contributed by atoms with van der Waals surface area (Å²) in [6.45, 7) is 0. The number of aromatic nitrogens is 4. The van der Waals surface area contributed by atoms with Gasteiger partial charge in [0.05, 0.1) is 7.05 Å². The summed E-state index contributed by atoms with van der Waals surface area (Å²) in [6, 6.07) is 8.42. The zero-order valence-electron chi connectivity index (χ0n) is 9.80. The van der Waals surface area contributed by atoms with Gasteiger partial charge in [-0.25, -0.2) is 0 Å². The van der Waals surface area contributed by atoms with Crippen LogP contribution < -0.4 is 5.73 Å². The maximum absolute atomic E-state index is 6.43. The Balaban J connectivity index is 1.82. The number of hydrogen-bond donors (Lipinski definition) is 1. The van der Waals surface area contributed by atoms with Gasteiger partial charge in [-0.15, -0.1) is 10.2 Å². The molecule has 2 N–H and O–H groups in total. The van der Waals surface area contributed by atoms with Gasteiger partial charge in [-0.2, -0.15) is 4.80 Å². The van der Waals surface area contributed by atoms with Gasteiger partial charge in [-0.3, -0.25) is 0 Å². The predicted octanol–water partition coefficient (Wildman–Crippen LogP) is 0.249. The molecule has 5 nitrogen and oxygen atoms in total. The Kier molecular flexibility index (Phi) is 2.22. The van der Waals surface area contributed by atoms with Crippen molar-refractivity contribution in [2.24, 2.45) is 12.8 Å². The maximum Gasteiger partial charge on any atom is 0.176 e. The summed E-state index contributed by atoms with van der Waals surface area (Å²) in [5.41, 5.74) is 8.87. The third-order valence-electron chi connectivity index (χ3n) is 3.26. The highest BCUT2D eigenvalue weighted by atomic mass is 15.6. The number of nitrogens with two attached hydrogens (primary N) is 1. The fraction of sp³-hybridized carbons (Fsp3) is 0.417. The molecule has 0 unspecified atom stereocenters. The second-order valence-corrected chi connectivity index (χ2v) is 4.86. The lowest BCUT2D eigenvalue weighted by Gasteiger charge is -2.21. The zero-order chi connectivity index (χ0) is 11.9. The van der Waals surface area contributed by atoms with Crippen LogP contribution in [0.5, 0.6) is 0 Å². The highest BCUT2D eigenvalue weighted by Crippen LogP contribution is 2.29. The quantitative estimate of drug-likeness (QED) is 0.801. The van der Waals surface area contributed by atoms with E-state index in [0.717, 1.165) is 18.7 Å². The molecule has 0 saturated heterocycles. The molecule has 0 fully saturated rings. The molecule has 1 aromatic heterocycles. The highest BCUT2D eigenvalue weighted by molar-refractivity contribution is 5.36. The lowest BCUT2D eigenvalue weighted by atomic mass is 9.93. The Morgan fingerprint density at radius 2 is 1.94 bits per heavy atom. The average Bonchev–Trinajstić information content (AvgIpc) is 2.81. The first-order valence-electron chi connectivity index (χ1n) is 5.73. The Morgan fingerprint density at radius 3 is 2.47 bits per heavy atom. The SMILES string of the molecule is Cn1nnc(CC2(N)Cc3ccccc3C2)n1. The number of nitrogens with zero attached hydrogens (tertiary/aromatic N) is 4. The van der Waals surface area contributed by atoms with E-state index in [1.54, 1.807) is 7.05 Å². The van der Waals surface area contributed by atoms with Gasteiger partial charge < -0.3 is 5.73 Å². The number of fused-ring (bicyclic) bond motifs is 1.